The van der Waals surface area contributed by atoms with Crippen molar-refractivity contribution in [3.63, 3.8) is 0 Å². The Labute approximate surface area is 163 Å². The second kappa shape index (κ2) is 9.03. The molecule has 2 aromatic rings. The molecule has 0 spiro atoms. The highest BCUT2D eigenvalue weighted by Gasteiger charge is 2.28. The summed E-state index contributed by atoms with van der Waals surface area (Å²) in [6, 6.07) is 14.0. The molecule has 1 fully saturated rings. The molecular weight excluding hydrogens is 358 g/mol. The first-order chi connectivity index (χ1) is 13.6. The van der Waals surface area contributed by atoms with Gasteiger partial charge in [0, 0.05) is 36.8 Å². The minimum Gasteiger partial charge on any atom is -0.489 e. The normalized spacial score (nSPS) is 14.4. The predicted octanol–water partition coefficient (Wildman–Crippen LogP) is 4.01. The molecule has 7 nitrogen and oxygen atoms in total. The number of carbonyl (C=O) groups is 1. The average molecular weight is 381 g/mol. The van der Waals surface area contributed by atoms with E-state index in [1.165, 1.54) is 6.07 Å². The molecule has 0 bridgehead atoms. The van der Waals surface area contributed by atoms with E-state index in [1.807, 2.05) is 23.1 Å². The van der Waals surface area contributed by atoms with Crippen LogP contribution >= 0.6 is 0 Å². The van der Waals surface area contributed by atoms with E-state index in [0.29, 0.717) is 49.7 Å². The van der Waals surface area contributed by atoms with Gasteiger partial charge in [0.25, 0.3) is 5.69 Å². The van der Waals surface area contributed by atoms with Crippen molar-refractivity contribution in [1.29, 1.82) is 0 Å². The highest BCUT2D eigenvalue weighted by molar-refractivity contribution is 5.93. The lowest BCUT2D eigenvalue weighted by molar-refractivity contribution is -0.384. The molecule has 0 unspecified atom stereocenters. The fourth-order valence-electron chi connectivity index (χ4n) is 3.33. The Balaban J connectivity index is 1.59. The van der Waals surface area contributed by atoms with Gasteiger partial charge in [-0.05, 0) is 31.0 Å². The van der Waals surface area contributed by atoms with Crippen LogP contribution in [0, 0.1) is 16.0 Å². The summed E-state index contributed by atoms with van der Waals surface area (Å²) >= 11 is 0. The third-order valence-corrected chi connectivity index (χ3v) is 4.75. The van der Waals surface area contributed by atoms with Crippen LogP contribution in [0.1, 0.15) is 12.8 Å². The van der Waals surface area contributed by atoms with Gasteiger partial charge in [-0.15, -0.1) is 0 Å². The summed E-state index contributed by atoms with van der Waals surface area (Å²) in [5.74, 6) is 0.503. The number of nitro groups is 1. The Hall–Kier alpha value is -3.35. The Morgan fingerprint density at radius 1 is 1.25 bits per heavy atom. The molecule has 0 atom stereocenters. The maximum absolute atomic E-state index is 12.6. The van der Waals surface area contributed by atoms with Gasteiger partial charge in [0.2, 0.25) is 5.91 Å². The average Bonchev–Trinajstić information content (AvgIpc) is 2.72. The van der Waals surface area contributed by atoms with E-state index in [9.17, 15) is 14.9 Å². The van der Waals surface area contributed by atoms with Gasteiger partial charge < -0.3 is 15.0 Å². The number of carbonyl (C=O) groups excluding carboxylic acids is 1. The molecule has 0 radical (unpaired) electrons. The molecule has 1 N–H and O–H groups in total. The van der Waals surface area contributed by atoms with Crippen molar-refractivity contribution in [2.24, 2.45) is 5.92 Å². The Morgan fingerprint density at radius 3 is 2.71 bits per heavy atom. The van der Waals surface area contributed by atoms with Gasteiger partial charge in [0.15, 0.2) is 0 Å². The molecule has 146 valence electrons. The largest absolute Gasteiger partial charge is 0.489 e. The van der Waals surface area contributed by atoms with Crippen molar-refractivity contribution in [3.05, 3.63) is 71.3 Å². The number of benzene rings is 2. The van der Waals surface area contributed by atoms with Gasteiger partial charge in [-0.2, -0.15) is 0 Å². The molecule has 1 amide bonds. The van der Waals surface area contributed by atoms with E-state index >= 15 is 0 Å². The van der Waals surface area contributed by atoms with Crippen LogP contribution in [0.3, 0.4) is 0 Å². The van der Waals surface area contributed by atoms with Gasteiger partial charge in [0.05, 0.1) is 4.92 Å². The molecule has 3 rings (SSSR count). The molecule has 0 aromatic heterocycles. The van der Waals surface area contributed by atoms with Crippen LogP contribution in [-0.4, -0.2) is 30.5 Å². The third kappa shape index (κ3) is 4.68. The Bertz CT molecular complexity index is 860. The molecule has 7 heteroatoms. The third-order valence-electron chi connectivity index (χ3n) is 4.75. The molecule has 1 aliphatic rings. The lowest BCUT2D eigenvalue weighted by atomic mass is 9.95. The first-order valence-electron chi connectivity index (χ1n) is 9.21. The number of amides is 1. The number of anilines is 2. The highest BCUT2D eigenvalue weighted by atomic mass is 16.6. The van der Waals surface area contributed by atoms with Crippen LogP contribution in [-0.2, 0) is 4.79 Å². The van der Waals surface area contributed by atoms with Crippen LogP contribution in [0.15, 0.2) is 61.2 Å². The first-order valence-corrected chi connectivity index (χ1v) is 9.21. The summed E-state index contributed by atoms with van der Waals surface area (Å²) in [5.41, 5.74) is 1.40. The highest BCUT2D eigenvalue weighted by Crippen LogP contribution is 2.31. The predicted molar refractivity (Wildman–Crippen MR) is 109 cm³/mol. The van der Waals surface area contributed by atoms with E-state index in [0.717, 1.165) is 0 Å². The summed E-state index contributed by atoms with van der Waals surface area (Å²) in [5, 5.41) is 14.2. The molecule has 0 aliphatic carbocycles. The number of para-hydroxylation sites is 2. The fraction of sp³-hybridized carbons (Fsp3) is 0.286. The lowest BCUT2D eigenvalue weighted by Gasteiger charge is -2.32. The molecule has 28 heavy (non-hydrogen) atoms. The molecule has 2 aromatic carbocycles. The van der Waals surface area contributed by atoms with Crippen LogP contribution in [0.2, 0.25) is 0 Å². The molecule has 1 saturated heterocycles. The number of rotatable bonds is 7. The summed E-state index contributed by atoms with van der Waals surface area (Å²) in [4.78, 5) is 25.5. The summed E-state index contributed by atoms with van der Waals surface area (Å²) in [7, 11) is 0. The molecule has 1 heterocycles. The number of piperidine rings is 1. The Morgan fingerprint density at radius 2 is 2.00 bits per heavy atom. The number of nitrogens with one attached hydrogen (secondary N) is 1. The zero-order valence-corrected chi connectivity index (χ0v) is 15.5. The van der Waals surface area contributed by atoms with Gasteiger partial charge in [0.1, 0.15) is 18.0 Å². The molecule has 1 aliphatic heterocycles. The van der Waals surface area contributed by atoms with Crippen LogP contribution < -0.4 is 15.0 Å². The zero-order chi connectivity index (χ0) is 19.9. The topological polar surface area (TPSA) is 84.7 Å². The summed E-state index contributed by atoms with van der Waals surface area (Å²) in [6.45, 7) is 5.22. The van der Waals surface area contributed by atoms with Crippen molar-refractivity contribution in [2.45, 2.75) is 12.8 Å². The summed E-state index contributed by atoms with van der Waals surface area (Å²) < 4.78 is 5.49. The SMILES string of the molecule is C=CCOc1cccc(NC(=O)C2CCN(c3ccccc3[N+](=O)[O-])CC2)c1. The van der Waals surface area contributed by atoms with E-state index in [4.69, 9.17) is 4.74 Å². The van der Waals surface area contributed by atoms with Crippen molar-refractivity contribution >= 4 is 23.0 Å². The number of nitrogens with zero attached hydrogens (tertiary/aromatic N) is 2. The van der Waals surface area contributed by atoms with Crippen molar-refractivity contribution in [3.8, 4) is 5.75 Å². The van der Waals surface area contributed by atoms with Gasteiger partial charge >= 0.3 is 0 Å². The van der Waals surface area contributed by atoms with Crippen LogP contribution in [0.4, 0.5) is 17.1 Å². The number of nitro benzene ring substituents is 1. The molecule has 0 saturated carbocycles. The first kappa shape index (κ1) is 19.4. The zero-order valence-electron chi connectivity index (χ0n) is 15.5. The fourth-order valence-corrected chi connectivity index (χ4v) is 3.33. The maximum Gasteiger partial charge on any atom is 0.292 e. The summed E-state index contributed by atoms with van der Waals surface area (Å²) in [6.07, 6.45) is 2.95. The quantitative estimate of drug-likeness (QED) is 0.445. The van der Waals surface area contributed by atoms with E-state index in [-0.39, 0.29) is 22.4 Å². The minimum absolute atomic E-state index is 0.0388. The van der Waals surface area contributed by atoms with Gasteiger partial charge in [-0.1, -0.05) is 30.9 Å². The van der Waals surface area contributed by atoms with Crippen molar-refractivity contribution in [2.75, 3.05) is 29.9 Å². The van der Waals surface area contributed by atoms with E-state index < -0.39 is 0 Å². The van der Waals surface area contributed by atoms with Gasteiger partial charge in [-0.25, -0.2) is 0 Å². The van der Waals surface area contributed by atoms with E-state index in [1.54, 1.807) is 30.3 Å². The minimum atomic E-state index is -0.366. The second-order valence-electron chi connectivity index (χ2n) is 6.62. The monoisotopic (exact) mass is 381 g/mol. The smallest absolute Gasteiger partial charge is 0.292 e. The Kier molecular flexibility index (Phi) is 6.26. The second-order valence-corrected chi connectivity index (χ2v) is 6.62. The maximum atomic E-state index is 12.6. The molecular formula is C21H23N3O4. The van der Waals surface area contributed by atoms with E-state index in [2.05, 4.69) is 11.9 Å². The number of ether oxygens (including phenoxy) is 1. The lowest BCUT2D eigenvalue weighted by Crippen LogP contribution is -2.38. The van der Waals surface area contributed by atoms with Crippen LogP contribution in [0.5, 0.6) is 5.75 Å². The number of hydrogen-bond acceptors (Lipinski definition) is 5. The number of hydrogen-bond donors (Lipinski definition) is 1. The van der Waals surface area contributed by atoms with Crippen LogP contribution in [0.25, 0.3) is 0 Å². The standard InChI is InChI=1S/C21H23N3O4/c1-2-14-28-18-7-5-6-17(15-18)22-21(25)16-10-12-23(13-11-16)19-8-3-4-9-20(19)24(26)27/h2-9,15-16H,1,10-14H2,(H,22,25). The van der Waals surface area contributed by atoms with Gasteiger partial charge in [-0.3, -0.25) is 14.9 Å². The van der Waals surface area contributed by atoms with Crippen molar-refractivity contribution < 1.29 is 14.5 Å². The van der Waals surface area contributed by atoms with Crippen molar-refractivity contribution in [1.82, 2.24) is 0 Å².